The molecule has 2 heterocycles. The van der Waals surface area contributed by atoms with Gasteiger partial charge in [0.25, 0.3) is 0 Å². The number of nitrogens with zero attached hydrogens (tertiary/aromatic N) is 3. The van der Waals surface area contributed by atoms with Gasteiger partial charge < -0.3 is 9.73 Å². The van der Waals surface area contributed by atoms with Crippen molar-refractivity contribution in [2.45, 2.75) is 26.9 Å². The van der Waals surface area contributed by atoms with Crippen molar-refractivity contribution in [1.29, 1.82) is 0 Å². The molecule has 0 atom stereocenters. The maximum atomic E-state index is 5.36. The van der Waals surface area contributed by atoms with Gasteiger partial charge in [-0.15, -0.1) is 0 Å². The molecule has 0 bridgehead atoms. The molecule has 2 aromatic heterocycles. The number of hydrogen-bond acceptors (Lipinski definition) is 4. The van der Waals surface area contributed by atoms with Gasteiger partial charge in [-0.1, -0.05) is 0 Å². The highest BCUT2D eigenvalue weighted by molar-refractivity contribution is 5.08. The minimum absolute atomic E-state index is 0.637. The molecule has 0 saturated carbocycles. The molecular weight excluding hydrogens is 204 g/mol. The largest absolute Gasteiger partial charge is 0.445 e. The number of nitrogens with one attached hydrogen (secondary N) is 1. The van der Waals surface area contributed by atoms with E-state index in [1.165, 1.54) is 0 Å². The minimum Gasteiger partial charge on any atom is -0.445 e. The molecule has 0 radical (unpaired) electrons. The van der Waals surface area contributed by atoms with Crippen LogP contribution in [-0.2, 0) is 20.1 Å². The van der Waals surface area contributed by atoms with Gasteiger partial charge in [-0.3, -0.25) is 4.68 Å². The summed E-state index contributed by atoms with van der Waals surface area (Å²) in [7, 11) is 1.94. The summed E-state index contributed by atoms with van der Waals surface area (Å²) in [6, 6.07) is 2.06. The highest BCUT2D eigenvalue weighted by atomic mass is 16.4. The molecule has 16 heavy (non-hydrogen) atoms. The Morgan fingerprint density at radius 1 is 1.38 bits per heavy atom. The standard InChI is InChI=1S/C11H16N4O/c1-8-4-10(15(3)14-8)6-12-7-11-13-5-9(2)16-11/h4-5,12H,6-7H2,1-3H3. The van der Waals surface area contributed by atoms with Gasteiger partial charge in [-0.05, 0) is 19.9 Å². The Morgan fingerprint density at radius 2 is 2.19 bits per heavy atom. The van der Waals surface area contributed by atoms with Crippen LogP contribution in [0.5, 0.6) is 0 Å². The Hall–Kier alpha value is -1.62. The molecule has 0 fully saturated rings. The Bertz CT molecular complexity index is 472. The van der Waals surface area contributed by atoms with E-state index in [1.807, 2.05) is 25.6 Å². The lowest BCUT2D eigenvalue weighted by molar-refractivity contribution is 0.446. The van der Waals surface area contributed by atoms with Crippen LogP contribution in [0.25, 0.3) is 0 Å². The van der Waals surface area contributed by atoms with Crippen molar-refractivity contribution < 1.29 is 4.42 Å². The van der Waals surface area contributed by atoms with Crippen LogP contribution >= 0.6 is 0 Å². The first-order valence-electron chi connectivity index (χ1n) is 5.26. The summed E-state index contributed by atoms with van der Waals surface area (Å²) in [6.45, 7) is 5.28. The predicted molar refractivity (Wildman–Crippen MR) is 59.7 cm³/mol. The normalized spacial score (nSPS) is 10.9. The van der Waals surface area contributed by atoms with E-state index in [2.05, 4.69) is 21.5 Å². The summed E-state index contributed by atoms with van der Waals surface area (Å²) < 4.78 is 7.24. The van der Waals surface area contributed by atoms with Crippen LogP contribution in [0.1, 0.15) is 23.0 Å². The third-order valence-electron chi connectivity index (χ3n) is 2.35. The van der Waals surface area contributed by atoms with Crippen molar-refractivity contribution in [3.8, 4) is 0 Å². The van der Waals surface area contributed by atoms with Crippen molar-refractivity contribution >= 4 is 0 Å². The minimum atomic E-state index is 0.637. The second-order valence-electron chi connectivity index (χ2n) is 3.87. The number of aromatic nitrogens is 3. The first-order chi connectivity index (χ1) is 7.65. The van der Waals surface area contributed by atoms with Crippen LogP contribution in [-0.4, -0.2) is 14.8 Å². The fourth-order valence-corrected chi connectivity index (χ4v) is 1.61. The van der Waals surface area contributed by atoms with E-state index >= 15 is 0 Å². The van der Waals surface area contributed by atoms with E-state index in [0.29, 0.717) is 6.54 Å². The summed E-state index contributed by atoms with van der Waals surface area (Å²) in [4.78, 5) is 4.12. The van der Waals surface area contributed by atoms with E-state index < -0.39 is 0 Å². The summed E-state index contributed by atoms with van der Waals surface area (Å²) >= 11 is 0. The SMILES string of the molecule is Cc1cc(CNCc2ncc(C)o2)n(C)n1. The van der Waals surface area contributed by atoms with Gasteiger partial charge in [0.05, 0.1) is 24.1 Å². The fourth-order valence-electron chi connectivity index (χ4n) is 1.61. The van der Waals surface area contributed by atoms with Crippen LogP contribution in [0.2, 0.25) is 0 Å². The zero-order valence-electron chi connectivity index (χ0n) is 9.82. The first-order valence-corrected chi connectivity index (χ1v) is 5.26. The lowest BCUT2D eigenvalue weighted by Gasteiger charge is -2.02. The van der Waals surface area contributed by atoms with Gasteiger partial charge in [-0.2, -0.15) is 5.10 Å². The quantitative estimate of drug-likeness (QED) is 0.844. The summed E-state index contributed by atoms with van der Waals surface area (Å²) in [5.74, 6) is 1.56. The van der Waals surface area contributed by atoms with Gasteiger partial charge in [0.15, 0.2) is 0 Å². The van der Waals surface area contributed by atoms with Gasteiger partial charge in [0.1, 0.15) is 5.76 Å². The number of aryl methyl sites for hydroxylation is 3. The molecule has 5 nitrogen and oxygen atoms in total. The highest BCUT2D eigenvalue weighted by Gasteiger charge is 2.03. The number of oxazole rings is 1. The van der Waals surface area contributed by atoms with Crippen LogP contribution in [0.3, 0.4) is 0 Å². The third kappa shape index (κ3) is 2.49. The Balaban J connectivity index is 1.86. The van der Waals surface area contributed by atoms with Crippen LogP contribution in [0, 0.1) is 13.8 Å². The first kappa shape index (κ1) is 10.9. The average Bonchev–Trinajstić information content (AvgIpc) is 2.74. The van der Waals surface area contributed by atoms with Crippen molar-refractivity contribution in [2.75, 3.05) is 0 Å². The van der Waals surface area contributed by atoms with Crippen LogP contribution < -0.4 is 5.32 Å². The molecule has 0 unspecified atom stereocenters. The van der Waals surface area contributed by atoms with Crippen LogP contribution in [0.15, 0.2) is 16.7 Å². The van der Waals surface area contributed by atoms with Crippen molar-refractivity contribution in [1.82, 2.24) is 20.1 Å². The molecule has 0 spiro atoms. The highest BCUT2D eigenvalue weighted by Crippen LogP contribution is 2.03. The molecule has 1 N–H and O–H groups in total. The maximum absolute atomic E-state index is 5.36. The maximum Gasteiger partial charge on any atom is 0.208 e. The van der Waals surface area contributed by atoms with E-state index in [-0.39, 0.29) is 0 Å². The zero-order chi connectivity index (χ0) is 11.5. The molecular formula is C11H16N4O. The lowest BCUT2D eigenvalue weighted by Crippen LogP contribution is -2.15. The third-order valence-corrected chi connectivity index (χ3v) is 2.35. The van der Waals surface area contributed by atoms with Gasteiger partial charge in [-0.25, -0.2) is 4.98 Å². The molecule has 0 aliphatic rings. The molecule has 0 aromatic carbocycles. The van der Waals surface area contributed by atoms with Gasteiger partial charge in [0.2, 0.25) is 5.89 Å². The lowest BCUT2D eigenvalue weighted by atomic mass is 10.3. The van der Waals surface area contributed by atoms with E-state index in [0.717, 1.165) is 29.6 Å². The van der Waals surface area contributed by atoms with E-state index in [9.17, 15) is 0 Å². The molecule has 2 rings (SSSR count). The molecule has 0 aliphatic carbocycles. The van der Waals surface area contributed by atoms with Gasteiger partial charge in [0, 0.05) is 13.6 Å². The Kier molecular flexibility index (Phi) is 3.05. The molecule has 5 heteroatoms. The smallest absolute Gasteiger partial charge is 0.208 e. The number of hydrogen-bond donors (Lipinski definition) is 1. The van der Waals surface area contributed by atoms with Gasteiger partial charge >= 0.3 is 0 Å². The molecule has 2 aromatic rings. The van der Waals surface area contributed by atoms with Crippen molar-refractivity contribution in [3.63, 3.8) is 0 Å². The van der Waals surface area contributed by atoms with E-state index in [1.54, 1.807) is 6.20 Å². The van der Waals surface area contributed by atoms with Crippen LogP contribution in [0.4, 0.5) is 0 Å². The second-order valence-corrected chi connectivity index (χ2v) is 3.87. The molecule has 86 valence electrons. The zero-order valence-corrected chi connectivity index (χ0v) is 9.82. The molecule has 0 saturated heterocycles. The summed E-state index contributed by atoms with van der Waals surface area (Å²) in [6.07, 6.45) is 1.73. The Labute approximate surface area is 94.5 Å². The summed E-state index contributed by atoms with van der Waals surface area (Å²) in [5.41, 5.74) is 2.19. The van der Waals surface area contributed by atoms with E-state index in [4.69, 9.17) is 4.42 Å². The number of rotatable bonds is 4. The summed E-state index contributed by atoms with van der Waals surface area (Å²) in [5, 5.41) is 7.55. The Morgan fingerprint density at radius 3 is 2.75 bits per heavy atom. The predicted octanol–water partition coefficient (Wildman–Crippen LogP) is 1.31. The second kappa shape index (κ2) is 4.49. The monoisotopic (exact) mass is 220 g/mol. The van der Waals surface area contributed by atoms with Crippen molar-refractivity contribution in [2.24, 2.45) is 7.05 Å². The molecule has 0 amide bonds. The topological polar surface area (TPSA) is 55.9 Å². The van der Waals surface area contributed by atoms with Crippen molar-refractivity contribution in [3.05, 3.63) is 35.3 Å². The average molecular weight is 220 g/mol. The fraction of sp³-hybridized carbons (Fsp3) is 0.455. The molecule has 0 aliphatic heterocycles.